The number of aromatic amines is 1. The first-order chi connectivity index (χ1) is 23.8. The lowest BCUT2D eigenvalue weighted by molar-refractivity contribution is -0.118. The summed E-state index contributed by atoms with van der Waals surface area (Å²) in [6.45, 7) is 15.1. The van der Waals surface area contributed by atoms with Crippen LogP contribution in [0.4, 0.5) is 5.95 Å². The standard InChI is InChI=1S/C39H48N6O4Si/c1-26(2)35(46)42-37-41-34-33(36(47)43-37)40-25-45(34)32-23-30(31(49-32)24-48-50(6,7)38(3,4)5)44-39(27-17-11-8-12-18-27,28-19-13-9-14-20-28)29-21-15-10-16-22-29/h8-22,25-26,30-32,44H,23-24H2,1-7H3,(H2,41,42,43,46,47). The number of carbonyl (C=O) groups is 1. The van der Waals surface area contributed by atoms with Crippen LogP contribution < -0.4 is 16.2 Å². The van der Waals surface area contributed by atoms with Crippen LogP contribution in [0.5, 0.6) is 0 Å². The van der Waals surface area contributed by atoms with Crippen LogP contribution in [0.3, 0.4) is 0 Å². The Balaban J connectivity index is 1.45. The van der Waals surface area contributed by atoms with E-state index in [1.807, 2.05) is 18.2 Å². The summed E-state index contributed by atoms with van der Waals surface area (Å²) < 4.78 is 15.5. The summed E-state index contributed by atoms with van der Waals surface area (Å²) in [4.78, 5) is 37.3. The van der Waals surface area contributed by atoms with Gasteiger partial charge in [-0.1, -0.05) is 126 Å². The fourth-order valence-electron chi connectivity index (χ4n) is 6.26. The van der Waals surface area contributed by atoms with Crippen LogP contribution in [0.2, 0.25) is 18.1 Å². The van der Waals surface area contributed by atoms with E-state index in [1.165, 1.54) is 0 Å². The number of ether oxygens (including phenoxy) is 1. The van der Waals surface area contributed by atoms with Crippen LogP contribution >= 0.6 is 0 Å². The normalized spacial score (nSPS) is 18.5. The number of aromatic nitrogens is 4. The first kappa shape index (κ1) is 35.4. The predicted octanol–water partition coefficient (Wildman–Crippen LogP) is 6.97. The molecular weight excluding hydrogens is 645 g/mol. The van der Waals surface area contributed by atoms with Gasteiger partial charge in [-0.25, -0.2) is 4.98 Å². The third kappa shape index (κ3) is 6.95. The first-order valence-corrected chi connectivity index (χ1v) is 20.2. The molecule has 10 nitrogen and oxygen atoms in total. The van der Waals surface area contributed by atoms with Crippen molar-refractivity contribution < 1.29 is 14.0 Å². The van der Waals surface area contributed by atoms with Gasteiger partial charge in [0.25, 0.3) is 5.56 Å². The summed E-state index contributed by atoms with van der Waals surface area (Å²) in [7, 11) is -2.15. The molecule has 1 aliphatic rings. The van der Waals surface area contributed by atoms with Crippen molar-refractivity contribution in [2.45, 2.75) is 83.1 Å². The third-order valence-electron chi connectivity index (χ3n) is 10.2. The number of fused-ring (bicyclic) bond motifs is 1. The molecule has 0 bridgehead atoms. The van der Waals surface area contributed by atoms with Gasteiger partial charge >= 0.3 is 0 Å². The molecule has 2 aromatic heterocycles. The van der Waals surface area contributed by atoms with Gasteiger partial charge in [-0.05, 0) is 34.8 Å². The van der Waals surface area contributed by atoms with Crippen LogP contribution in [0.1, 0.15) is 64.0 Å². The Kier molecular flexibility index (Phi) is 9.96. The lowest BCUT2D eigenvalue weighted by Gasteiger charge is -2.41. The van der Waals surface area contributed by atoms with E-state index in [9.17, 15) is 9.59 Å². The van der Waals surface area contributed by atoms with Crippen molar-refractivity contribution in [3.8, 4) is 0 Å². The summed E-state index contributed by atoms with van der Waals surface area (Å²) in [5.74, 6) is -0.460. The monoisotopic (exact) mass is 692 g/mol. The average molecular weight is 693 g/mol. The fourth-order valence-corrected chi connectivity index (χ4v) is 7.28. The van der Waals surface area contributed by atoms with Gasteiger partial charge < -0.3 is 9.16 Å². The number of hydrogen-bond acceptors (Lipinski definition) is 7. The molecule has 0 aliphatic carbocycles. The summed E-state index contributed by atoms with van der Waals surface area (Å²) >= 11 is 0. The molecule has 0 radical (unpaired) electrons. The highest BCUT2D eigenvalue weighted by Gasteiger charge is 2.46. The maximum Gasteiger partial charge on any atom is 0.280 e. The average Bonchev–Trinajstić information content (AvgIpc) is 3.71. The third-order valence-corrected chi connectivity index (χ3v) is 14.7. The van der Waals surface area contributed by atoms with Gasteiger partial charge in [0, 0.05) is 18.4 Å². The minimum atomic E-state index is -2.15. The molecule has 3 heterocycles. The Morgan fingerprint density at radius 2 is 1.50 bits per heavy atom. The van der Waals surface area contributed by atoms with Crippen molar-refractivity contribution >= 4 is 31.3 Å². The van der Waals surface area contributed by atoms with Gasteiger partial charge in [-0.3, -0.25) is 29.8 Å². The molecule has 3 unspecified atom stereocenters. The number of rotatable bonds is 11. The molecule has 1 amide bonds. The van der Waals surface area contributed by atoms with E-state index in [1.54, 1.807) is 24.7 Å². The molecule has 0 spiro atoms. The molecule has 6 rings (SSSR count). The number of benzene rings is 3. The molecule has 3 atom stereocenters. The Morgan fingerprint density at radius 3 is 2.00 bits per heavy atom. The molecule has 3 aromatic carbocycles. The lowest BCUT2D eigenvalue weighted by Crippen LogP contribution is -2.54. The van der Waals surface area contributed by atoms with Crippen molar-refractivity contribution in [1.29, 1.82) is 0 Å². The Hall–Kier alpha value is -4.42. The molecule has 5 aromatic rings. The van der Waals surface area contributed by atoms with Gasteiger partial charge in [0.05, 0.1) is 24.6 Å². The number of nitrogens with one attached hydrogen (secondary N) is 3. The van der Waals surface area contributed by atoms with Gasteiger partial charge in [0.2, 0.25) is 11.9 Å². The molecular formula is C39H48N6O4Si. The maximum atomic E-state index is 13.1. The lowest BCUT2D eigenvalue weighted by atomic mass is 9.76. The molecule has 1 saturated heterocycles. The smallest absolute Gasteiger partial charge is 0.280 e. The van der Waals surface area contributed by atoms with E-state index >= 15 is 0 Å². The second-order valence-electron chi connectivity index (χ2n) is 14.9. The molecule has 0 saturated carbocycles. The van der Waals surface area contributed by atoms with Gasteiger partial charge in [-0.15, -0.1) is 0 Å². The maximum absolute atomic E-state index is 13.1. The predicted molar refractivity (Wildman–Crippen MR) is 199 cm³/mol. The fraction of sp³-hybridized carbons (Fsp3) is 0.385. The van der Waals surface area contributed by atoms with E-state index < -0.39 is 25.6 Å². The minimum Gasteiger partial charge on any atom is -0.414 e. The number of anilines is 1. The van der Waals surface area contributed by atoms with Gasteiger partial charge in [-0.2, -0.15) is 4.98 Å². The molecule has 3 N–H and O–H groups in total. The molecule has 1 aliphatic heterocycles. The number of H-pyrrole nitrogens is 1. The number of nitrogens with zero attached hydrogens (tertiary/aromatic N) is 3. The van der Waals surface area contributed by atoms with Crippen molar-refractivity contribution in [2.75, 3.05) is 11.9 Å². The van der Waals surface area contributed by atoms with Crippen LogP contribution in [0.15, 0.2) is 102 Å². The van der Waals surface area contributed by atoms with Gasteiger partial charge in [0.15, 0.2) is 19.5 Å². The van der Waals surface area contributed by atoms with Crippen LogP contribution in [0, 0.1) is 5.92 Å². The Labute approximate surface area is 294 Å². The first-order valence-electron chi connectivity index (χ1n) is 17.3. The minimum absolute atomic E-state index is 0.0120. The highest BCUT2D eigenvalue weighted by atomic mass is 28.4. The quantitative estimate of drug-likeness (QED) is 0.101. The Morgan fingerprint density at radius 1 is 0.960 bits per heavy atom. The number of imidazole rings is 1. The van der Waals surface area contributed by atoms with Crippen molar-refractivity contribution in [3.63, 3.8) is 0 Å². The topological polar surface area (TPSA) is 123 Å². The molecule has 262 valence electrons. The number of hydrogen-bond donors (Lipinski definition) is 3. The van der Waals surface area contributed by atoms with E-state index in [-0.39, 0.29) is 40.5 Å². The van der Waals surface area contributed by atoms with Crippen molar-refractivity contribution in [3.05, 3.63) is 124 Å². The van der Waals surface area contributed by atoms with Crippen molar-refractivity contribution in [1.82, 2.24) is 24.8 Å². The molecule has 1 fully saturated rings. The van der Waals surface area contributed by atoms with E-state index in [4.69, 9.17) is 9.16 Å². The van der Waals surface area contributed by atoms with E-state index in [0.29, 0.717) is 18.7 Å². The largest absolute Gasteiger partial charge is 0.414 e. The number of amides is 1. The van der Waals surface area contributed by atoms with Crippen LogP contribution in [-0.2, 0) is 19.5 Å². The number of carbonyl (C=O) groups excluding carboxylic acids is 1. The van der Waals surface area contributed by atoms with E-state index in [0.717, 1.165) is 16.7 Å². The van der Waals surface area contributed by atoms with Crippen LogP contribution in [-0.4, -0.2) is 52.5 Å². The zero-order valence-corrected chi connectivity index (χ0v) is 30.9. The van der Waals surface area contributed by atoms with Crippen LogP contribution in [0.25, 0.3) is 11.2 Å². The molecule has 50 heavy (non-hydrogen) atoms. The highest BCUT2D eigenvalue weighted by Crippen LogP contribution is 2.42. The molecule has 11 heteroatoms. The summed E-state index contributed by atoms with van der Waals surface area (Å²) in [6, 6.07) is 31.3. The Bertz CT molecular complexity index is 1880. The second kappa shape index (κ2) is 14.1. The summed E-state index contributed by atoms with van der Waals surface area (Å²) in [5.41, 5.74) is 2.62. The zero-order valence-electron chi connectivity index (χ0n) is 29.9. The SMILES string of the molecule is CC(C)C(=O)Nc1nc2c(ncn2C2CC(NC(c3ccccc3)(c3ccccc3)c3ccccc3)C(CO[Si](C)(C)C(C)(C)C)O2)c(=O)[nH]1. The van der Waals surface area contributed by atoms with Gasteiger partial charge in [0.1, 0.15) is 6.23 Å². The zero-order chi connectivity index (χ0) is 35.7. The van der Waals surface area contributed by atoms with E-state index in [2.05, 4.69) is 132 Å². The highest BCUT2D eigenvalue weighted by molar-refractivity contribution is 6.74. The summed E-state index contributed by atoms with van der Waals surface area (Å²) in [5, 5.41) is 6.87. The summed E-state index contributed by atoms with van der Waals surface area (Å²) in [6.07, 6.45) is 1.25. The van der Waals surface area contributed by atoms with Crippen molar-refractivity contribution in [2.24, 2.45) is 5.92 Å². The second-order valence-corrected chi connectivity index (χ2v) is 19.7.